The minimum absolute atomic E-state index is 0.0823. The van der Waals surface area contributed by atoms with Crippen LogP contribution in [-0.2, 0) is 22.0 Å². The molecule has 0 aliphatic heterocycles. The minimum atomic E-state index is -3.92. The Balaban J connectivity index is 0.000000431. The molecule has 0 saturated heterocycles. The van der Waals surface area contributed by atoms with E-state index in [0.29, 0.717) is 6.26 Å². The number of anilines is 1. The third kappa shape index (κ3) is 4.60. The predicted molar refractivity (Wildman–Crippen MR) is 116 cm³/mol. The summed E-state index contributed by atoms with van der Waals surface area (Å²) in [6.07, 6.45) is 6.16. The third-order valence-corrected chi connectivity index (χ3v) is 5.02. The number of benzene rings is 1. The Morgan fingerprint density at radius 1 is 1.07 bits per heavy atom. The zero-order chi connectivity index (χ0) is 21.6. The first-order valence-corrected chi connectivity index (χ1v) is 11.4. The van der Waals surface area contributed by atoms with Gasteiger partial charge in [0.05, 0.1) is 10.1 Å². The average molecular weight is 413 g/mol. The summed E-state index contributed by atoms with van der Waals surface area (Å²) in [6.45, 7) is 6.98. The first kappa shape index (κ1) is 21.3. The highest BCUT2D eigenvalue weighted by Gasteiger charge is 2.33. The molecule has 0 N–H and O–H groups in total. The van der Waals surface area contributed by atoms with Gasteiger partial charge in [-0.05, 0) is 16.5 Å². The van der Waals surface area contributed by atoms with Crippen LogP contribution in [0.2, 0.25) is 0 Å². The van der Waals surface area contributed by atoms with Crippen LogP contribution in [0.3, 0.4) is 0 Å². The second-order valence-electron chi connectivity index (χ2n) is 8.76. The topological polar surface area (TPSA) is 64.5 Å². The van der Waals surface area contributed by atoms with Crippen LogP contribution in [0.1, 0.15) is 37.5 Å². The van der Waals surface area contributed by atoms with Crippen LogP contribution in [0, 0.1) is 0 Å². The van der Waals surface area contributed by atoms with Gasteiger partial charge in [0.15, 0.2) is 12.4 Å². The smallest absolute Gasteiger partial charge is 0.217 e. The Morgan fingerprint density at radius 3 is 2.28 bits per heavy atom. The summed E-state index contributed by atoms with van der Waals surface area (Å²) in [5, 5.41) is 0. The lowest BCUT2D eigenvalue weighted by Crippen LogP contribution is -2.28. The van der Waals surface area contributed by atoms with Gasteiger partial charge in [0.2, 0.25) is 5.52 Å². The number of fused-ring (bicyclic) bond motifs is 4. The predicted octanol–water partition coefficient (Wildman–Crippen LogP) is 3.52. The Kier molecular flexibility index (Phi) is 5.45. The van der Waals surface area contributed by atoms with Crippen molar-refractivity contribution < 1.29 is 17.4 Å². The van der Waals surface area contributed by atoms with Crippen LogP contribution in [-0.4, -0.2) is 33.3 Å². The van der Waals surface area contributed by atoms with Gasteiger partial charge in [0, 0.05) is 61.3 Å². The van der Waals surface area contributed by atoms with Gasteiger partial charge in [0.1, 0.15) is 0 Å². The summed E-state index contributed by atoms with van der Waals surface area (Å²) >= 11 is 0. The standard InChI is InChI=1S/C22H25N2.CH4O3S/c1-22(2,3)21-19-13-17(23(4)5)10-11-24(19)14-16-12-15-8-6-7-9-18(15)20(16)21;1-5(2,3)4/h6-11,13-14H,12H2,1-5H3;1H3,(H,2,3,4)/q+1;/p-1. The Morgan fingerprint density at radius 2 is 1.69 bits per heavy atom. The van der Waals surface area contributed by atoms with Crippen molar-refractivity contribution in [3.05, 3.63) is 65.5 Å². The van der Waals surface area contributed by atoms with Gasteiger partial charge in [-0.1, -0.05) is 45.0 Å². The number of aromatic nitrogens is 1. The molecule has 29 heavy (non-hydrogen) atoms. The van der Waals surface area contributed by atoms with E-state index in [4.69, 9.17) is 13.0 Å². The highest BCUT2D eigenvalue weighted by atomic mass is 32.2. The molecule has 0 bridgehead atoms. The van der Waals surface area contributed by atoms with E-state index in [1.54, 1.807) is 0 Å². The van der Waals surface area contributed by atoms with E-state index < -0.39 is 10.1 Å². The molecule has 1 aromatic carbocycles. The van der Waals surface area contributed by atoms with Crippen LogP contribution < -0.4 is 9.30 Å². The molecule has 154 valence electrons. The van der Waals surface area contributed by atoms with Crippen LogP contribution in [0.4, 0.5) is 5.69 Å². The van der Waals surface area contributed by atoms with Crippen LogP contribution in [0.5, 0.6) is 0 Å². The fourth-order valence-corrected chi connectivity index (χ4v) is 3.94. The van der Waals surface area contributed by atoms with Gasteiger partial charge in [-0.15, -0.1) is 0 Å². The highest BCUT2D eigenvalue weighted by molar-refractivity contribution is 7.84. The average Bonchev–Trinajstić information content (AvgIpc) is 2.94. The van der Waals surface area contributed by atoms with Crippen molar-refractivity contribution in [2.45, 2.75) is 32.6 Å². The lowest BCUT2D eigenvalue weighted by molar-refractivity contribution is -0.512. The van der Waals surface area contributed by atoms with Crippen molar-refractivity contribution in [1.82, 2.24) is 0 Å². The van der Waals surface area contributed by atoms with Crippen LogP contribution in [0.25, 0.3) is 16.6 Å². The van der Waals surface area contributed by atoms with E-state index in [1.165, 1.54) is 39.0 Å². The molecule has 0 fully saturated rings. The van der Waals surface area contributed by atoms with E-state index in [2.05, 4.69) is 93.0 Å². The second kappa shape index (κ2) is 7.43. The second-order valence-corrected chi connectivity index (χ2v) is 10.2. The van der Waals surface area contributed by atoms with Crippen molar-refractivity contribution in [3.8, 4) is 11.1 Å². The molecule has 0 unspecified atom stereocenters. The van der Waals surface area contributed by atoms with E-state index in [1.807, 2.05) is 0 Å². The minimum Gasteiger partial charge on any atom is -0.748 e. The Labute approximate surface area is 173 Å². The lowest BCUT2D eigenvalue weighted by Gasteiger charge is -2.23. The van der Waals surface area contributed by atoms with Crippen molar-refractivity contribution >= 4 is 21.3 Å². The van der Waals surface area contributed by atoms with Gasteiger partial charge in [-0.25, -0.2) is 8.42 Å². The Bertz CT molecular complexity index is 1170. The third-order valence-electron chi connectivity index (χ3n) is 5.02. The largest absolute Gasteiger partial charge is 0.748 e. The summed E-state index contributed by atoms with van der Waals surface area (Å²) < 4.78 is 29.5. The molecular weight excluding hydrogens is 384 g/mol. The molecule has 6 heteroatoms. The molecule has 2 aromatic heterocycles. The fourth-order valence-electron chi connectivity index (χ4n) is 3.94. The summed E-state index contributed by atoms with van der Waals surface area (Å²) in [5.41, 5.74) is 9.84. The molecule has 0 amide bonds. The molecule has 0 spiro atoms. The summed E-state index contributed by atoms with van der Waals surface area (Å²) in [5.74, 6) is 0. The number of nitrogens with zero attached hydrogens (tertiary/aromatic N) is 2. The molecule has 3 aromatic rings. The zero-order valence-corrected chi connectivity index (χ0v) is 18.7. The van der Waals surface area contributed by atoms with Crippen molar-refractivity contribution in [2.75, 3.05) is 25.3 Å². The lowest BCUT2D eigenvalue weighted by atomic mass is 9.81. The molecule has 0 atom stereocenters. The van der Waals surface area contributed by atoms with E-state index >= 15 is 0 Å². The normalized spacial score (nSPS) is 12.8. The molecule has 1 aliphatic rings. The highest BCUT2D eigenvalue weighted by Crippen LogP contribution is 2.43. The Hall–Kier alpha value is -2.44. The summed E-state index contributed by atoms with van der Waals surface area (Å²) in [6, 6.07) is 13.4. The molecule has 0 radical (unpaired) electrons. The monoisotopic (exact) mass is 412 g/mol. The summed E-state index contributed by atoms with van der Waals surface area (Å²) in [7, 11) is 0.288. The SMILES string of the molecule is CN(C)c1cc[n+]2cc3c(c(C(C)(C)C)c2c1)-c1ccccc1C3.CS(=O)(=O)[O-]. The van der Waals surface area contributed by atoms with Crippen LogP contribution >= 0.6 is 0 Å². The first-order chi connectivity index (χ1) is 13.4. The zero-order valence-electron chi connectivity index (χ0n) is 17.9. The molecule has 1 aliphatic carbocycles. The number of hydrogen-bond donors (Lipinski definition) is 0. The van der Waals surface area contributed by atoms with Crippen molar-refractivity contribution in [3.63, 3.8) is 0 Å². The van der Waals surface area contributed by atoms with Gasteiger partial charge in [-0.2, -0.15) is 4.40 Å². The molecule has 2 heterocycles. The summed E-state index contributed by atoms with van der Waals surface area (Å²) in [4.78, 5) is 2.17. The van der Waals surface area contributed by atoms with E-state index in [-0.39, 0.29) is 5.41 Å². The first-order valence-electron chi connectivity index (χ1n) is 9.54. The van der Waals surface area contributed by atoms with Gasteiger partial charge in [-0.3, -0.25) is 0 Å². The quantitative estimate of drug-likeness (QED) is 0.354. The van der Waals surface area contributed by atoms with Gasteiger partial charge < -0.3 is 9.45 Å². The molecular formula is C23H28N2O3S. The maximum atomic E-state index is 9.08. The number of pyridine rings is 2. The fraction of sp³-hybridized carbons (Fsp3) is 0.348. The van der Waals surface area contributed by atoms with Crippen molar-refractivity contribution in [1.29, 1.82) is 0 Å². The molecule has 0 saturated carbocycles. The van der Waals surface area contributed by atoms with Gasteiger partial charge in [0.25, 0.3) is 0 Å². The van der Waals surface area contributed by atoms with Crippen molar-refractivity contribution in [2.24, 2.45) is 0 Å². The molecule has 5 nitrogen and oxygen atoms in total. The van der Waals surface area contributed by atoms with E-state index in [0.717, 1.165) is 6.42 Å². The molecule has 4 rings (SSSR count). The maximum Gasteiger partial charge on any atom is 0.217 e. The van der Waals surface area contributed by atoms with Gasteiger partial charge >= 0.3 is 0 Å². The maximum absolute atomic E-state index is 9.08. The number of hydrogen-bond acceptors (Lipinski definition) is 4. The van der Waals surface area contributed by atoms with E-state index in [9.17, 15) is 0 Å². The van der Waals surface area contributed by atoms with Crippen LogP contribution in [0.15, 0.2) is 48.8 Å². The number of rotatable bonds is 1.